The van der Waals surface area contributed by atoms with Gasteiger partial charge in [0.25, 0.3) is 0 Å². The van der Waals surface area contributed by atoms with Crippen LogP contribution in [-0.4, -0.2) is 49.0 Å². The molecule has 0 N–H and O–H groups in total. The van der Waals surface area contributed by atoms with E-state index in [1.54, 1.807) is 31.4 Å². The van der Waals surface area contributed by atoms with Gasteiger partial charge in [0.2, 0.25) is 11.6 Å². The fraction of sp³-hybridized carbons (Fsp3) is 0.227. The molecule has 2 aromatic heterocycles. The first-order valence-corrected chi connectivity index (χ1v) is 9.33. The predicted molar refractivity (Wildman–Crippen MR) is 112 cm³/mol. The Morgan fingerprint density at radius 3 is 2.19 bits per heavy atom. The number of methoxy groups -OCH3 is 4. The van der Waals surface area contributed by atoms with Crippen molar-refractivity contribution in [1.29, 1.82) is 0 Å². The summed E-state index contributed by atoms with van der Waals surface area (Å²) in [5.41, 5.74) is 1.97. The van der Waals surface area contributed by atoms with Gasteiger partial charge in [-0.15, -0.1) is 0 Å². The molecule has 0 bridgehead atoms. The van der Waals surface area contributed by atoms with Crippen molar-refractivity contribution in [2.75, 3.05) is 28.4 Å². The fourth-order valence-electron chi connectivity index (χ4n) is 3.54. The summed E-state index contributed by atoms with van der Waals surface area (Å²) in [7, 11) is 6.08. The number of hydrogen-bond donors (Lipinski definition) is 0. The minimum absolute atomic E-state index is 0.252. The van der Waals surface area contributed by atoms with Crippen LogP contribution in [0.5, 0.6) is 23.0 Å². The summed E-state index contributed by atoms with van der Waals surface area (Å²) >= 11 is 0. The fourth-order valence-corrected chi connectivity index (χ4v) is 3.54. The van der Waals surface area contributed by atoms with Crippen LogP contribution in [-0.2, 0) is 0 Å². The molecule has 2 heterocycles. The van der Waals surface area contributed by atoms with E-state index in [2.05, 4.69) is 10.1 Å². The van der Waals surface area contributed by atoms with Crippen LogP contribution in [0.3, 0.4) is 0 Å². The second-order valence-electron chi connectivity index (χ2n) is 6.63. The minimum atomic E-state index is -0.298. The van der Waals surface area contributed by atoms with E-state index in [1.165, 1.54) is 38.7 Å². The third kappa shape index (κ3) is 3.24. The van der Waals surface area contributed by atoms with E-state index in [1.807, 2.05) is 6.92 Å². The van der Waals surface area contributed by atoms with Crippen LogP contribution in [0, 0.1) is 6.92 Å². The first-order chi connectivity index (χ1) is 15.0. The zero-order valence-electron chi connectivity index (χ0n) is 17.8. The third-order valence-corrected chi connectivity index (χ3v) is 5.04. The van der Waals surface area contributed by atoms with Crippen LogP contribution in [0.1, 0.15) is 21.5 Å². The Hall–Kier alpha value is -4.01. The van der Waals surface area contributed by atoms with Crippen molar-refractivity contribution in [2.45, 2.75) is 6.92 Å². The second kappa shape index (κ2) is 8.02. The number of carbonyl (C=O) groups excluding carboxylic acids is 1. The van der Waals surface area contributed by atoms with Crippen LogP contribution in [0.2, 0.25) is 0 Å². The van der Waals surface area contributed by atoms with Gasteiger partial charge in [0.05, 0.1) is 34.0 Å². The molecular weight excluding hydrogens is 402 g/mol. The molecule has 0 atom stereocenters. The van der Waals surface area contributed by atoms with E-state index < -0.39 is 0 Å². The molecule has 4 rings (SSSR count). The van der Waals surface area contributed by atoms with E-state index in [9.17, 15) is 4.79 Å². The number of carbonyl (C=O) groups is 1. The number of furan rings is 1. The van der Waals surface area contributed by atoms with E-state index in [4.69, 9.17) is 23.4 Å². The van der Waals surface area contributed by atoms with Crippen LogP contribution in [0.4, 0.5) is 0 Å². The highest BCUT2D eigenvalue weighted by Crippen LogP contribution is 2.41. The van der Waals surface area contributed by atoms with Crippen LogP contribution in [0.25, 0.3) is 16.9 Å². The number of rotatable bonds is 7. The van der Waals surface area contributed by atoms with Crippen molar-refractivity contribution in [3.63, 3.8) is 0 Å². The molecule has 4 aromatic rings. The Labute approximate surface area is 178 Å². The maximum absolute atomic E-state index is 13.7. The lowest BCUT2D eigenvalue weighted by molar-refractivity contribution is 0.103. The van der Waals surface area contributed by atoms with Gasteiger partial charge in [0, 0.05) is 16.5 Å². The first-order valence-electron chi connectivity index (χ1n) is 9.33. The molecule has 0 radical (unpaired) electrons. The highest BCUT2D eigenvalue weighted by Gasteiger charge is 2.27. The van der Waals surface area contributed by atoms with E-state index >= 15 is 0 Å². The van der Waals surface area contributed by atoms with Gasteiger partial charge < -0.3 is 23.4 Å². The molecule has 0 aliphatic carbocycles. The molecule has 9 heteroatoms. The van der Waals surface area contributed by atoms with Crippen molar-refractivity contribution in [2.24, 2.45) is 0 Å². The smallest absolute Gasteiger partial charge is 0.233 e. The van der Waals surface area contributed by atoms with Crippen molar-refractivity contribution in [3.05, 3.63) is 53.6 Å². The van der Waals surface area contributed by atoms with Crippen molar-refractivity contribution in [3.8, 4) is 28.9 Å². The van der Waals surface area contributed by atoms with Crippen molar-refractivity contribution < 1.29 is 28.2 Å². The molecule has 0 fully saturated rings. The second-order valence-corrected chi connectivity index (χ2v) is 6.63. The van der Waals surface area contributed by atoms with E-state index in [0.717, 1.165) is 5.56 Å². The van der Waals surface area contributed by atoms with E-state index in [-0.39, 0.29) is 11.7 Å². The summed E-state index contributed by atoms with van der Waals surface area (Å²) in [6.45, 7) is 1.86. The molecule has 0 aliphatic heterocycles. The lowest BCUT2D eigenvalue weighted by Crippen LogP contribution is -2.07. The number of hydrogen-bond acceptors (Lipinski definition) is 8. The molecule has 0 saturated heterocycles. The third-order valence-electron chi connectivity index (χ3n) is 5.04. The van der Waals surface area contributed by atoms with Gasteiger partial charge in [-0.05, 0) is 31.2 Å². The summed E-state index contributed by atoms with van der Waals surface area (Å²) in [5.74, 6) is 1.75. The van der Waals surface area contributed by atoms with Crippen molar-refractivity contribution in [1.82, 2.24) is 14.8 Å². The molecule has 0 spiro atoms. The molecular formula is C22H21N3O6. The Balaban J connectivity index is 1.98. The molecule has 160 valence electrons. The quantitative estimate of drug-likeness (QED) is 0.416. The molecule has 0 aliphatic rings. The Morgan fingerprint density at radius 2 is 1.65 bits per heavy atom. The lowest BCUT2D eigenvalue weighted by Gasteiger charge is -2.13. The largest absolute Gasteiger partial charge is 0.496 e. The van der Waals surface area contributed by atoms with Gasteiger partial charge in [0.15, 0.2) is 17.3 Å². The van der Waals surface area contributed by atoms with Gasteiger partial charge >= 0.3 is 0 Å². The van der Waals surface area contributed by atoms with Gasteiger partial charge in [-0.25, -0.2) is 4.98 Å². The number of nitrogens with zero attached hydrogens (tertiary/aromatic N) is 3. The Bertz CT molecular complexity index is 1240. The number of ether oxygens (including phenoxy) is 4. The number of aromatic nitrogens is 3. The first kappa shape index (κ1) is 20.3. The van der Waals surface area contributed by atoms with Crippen molar-refractivity contribution >= 4 is 16.8 Å². The SMILES string of the molecule is COc1cc(C(=O)c2c(-n3cncn3)oc3c(C)c(OC)ccc23)cc(OC)c1OC. The van der Waals surface area contributed by atoms with Crippen LogP contribution < -0.4 is 18.9 Å². The number of aryl methyl sites for hydroxylation is 1. The standard InChI is InChI=1S/C22H21N3O6/c1-12-15(27-2)7-6-14-18(22(31-20(12)14)25-11-23-10-24-25)19(26)13-8-16(28-3)21(30-5)17(9-13)29-4/h6-11H,1-5H3. The zero-order chi connectivity index (χ0) is 22.1. The van der Waals surface area contributed by atoms with Gasteiger partial charge in [0.1, 0.15) is 24.0 Å². The average molecular weight is 423 g/mol. The zero-order valence-corrected chi connectivity index (χ0v) is 17.8. The maximum atomic E-state index is 13.7. The summed E-state index contributed by atoms with van der Waals surface area (Å²) in [6, 6.07) is 6.79. The Kier molecular flexibility index (Phi) is 5.24. The minimum Gasteiger partial charge on any atom is -0.496 e. The molecule has 0 amide bonds. The lowest BCUT2D eigenvalue weighted by atomic mass is 9.99. The molecule has 0 unspecified atom stereocenters. The number of fused-ring (bicyclic) bond motifs is 1. The highest BCUT2D eigenvalue weighted by atomic mass is 16.5. The monoisotopic (exact) mass is 423 g/mol. The summed E-state index contributed by atoms with van der Waals surface area (Å²) < 4.78 is 29.1. The van der Waals surface area contributed by atoms with Gasteiger partial charge in [-0.3, -0.25) is 4.79 Å². The summed E-state index contributed by atoms with van der Waals surface area (Å²) in [4.78, 5) is 17.7. The molecule has 0 saturated carbocycles. The summed E-state index contributed by atoms with van der Waals surface area (Å²) in [5, 5.41) is 4.77. The van der Waals surface area contributed by atoms with Gasteiger partial charge in [-0.2, -0.15) is 9.78 Å². The maximum Gasteiger partial charge on any atom is 0.233 e. The molecule has 2 aromatic carbocycles. The van der Waals surface area contributed by atoms with Crippen LogP contribution in [0.15, 0.2) is 41.3 Å². The Morgan fingerprint density at radius 1 is 0.968 bits per heavy atom. The normalized spacial score (nSPS) is 10.9. The molecule has 31 heavy (non-hydrogen) atoms. The molecule has 9 nitrogen and oxygen atoms in total. The summed E-state index contributed by atoms with van der Waals surface area (Å²) in [6.07, 6.45) is 2.84. The highest BCUT2D eigenvalue weighted by molar-refractivity contribution is 6.19. The van der Waals surface area contributed by atoms with Gasteiger partial charge in [-0.1, -0.05) is 0 Å². The average Bonchev–Trinajstić information content (AvgIpc) is 3.46. The topological polar surface area (TPSA) is 97.8 Å². The number of ketones is 1. The van der Waals surface area contributed by atoms with Crippen LogP contribution >= 0.6 is 0 Å². The van der Waals surface area contributed by atoms with E-state index in [0.29, 0.717) is 45.1 Å². The predicted octanol–water partition coefficient (Wildman–Crippen LogP) is 3.59. The number of benzene rings is 2.